The molecule has 0 aliphatic rings. The summed E-state index contributed by atoms with van der Waals surface area (Å²) >= 11 is 0. The van der Waals surface area contributed by atoms with E-state index in [4.69, 9.17) is 9.47 Å². The third-order valence-corrected chi connectivity index (χ3v) is 5.17. The topological polar surface area (TPSA) is 64.6 Å². The molecule has 0 aliphatic carbocycles. The molecule has 0 fully saturated rings. The number of benzene rings is 1. The van der Waals surface area contributed by atoms with Crippen LogP contribution in [0.25, 0.3) is 0 Å². The molecule has 174 valence electrons. The van der Waals surface area contributed by atoms with Crippen molar-refractivity contribution in [3.05, 3.63) is 48.0 Å². The molecule has 1 aromatic carbocycles. The second-order valence-corrected chi connectivity index (χ2v) is 9.34. The zero-order chi connectivity index (χ0) is 23.3. The summed E-state index contributed by atoms with van der Waals surface area (Å²) in [5.41, 5.74) is 1.64. The van der Waals surface area contributed by atoms with Crippen LogP contribution in [0, 0.1) is 11.8 Å². The number of carbonyl (C=O) groups is 2. The van der Waals surface area contributed by atoms with E-state index in [1.807, 2.05) is 58.0 Å². The number of ether oxygens (including phenoxy) is 2. The second-order valence-electron chi connectivity index (χ2n) is 9.34. The third-order valence-electron chi connectivity index (χ3n) is 5.17. The Bertz CT molecular complexity index is 666. The first-order valence-electron chi connectivity index (χ1n) is 11.4. The Hall–Kier alpha value is -2.14. The fraction of sp³-hybridized carbons (Fsp3) is 0.615. The predicted molar refractivity (Wildman–Crippen MR) is 126 cm³/mol. The molecule has 31 heavy (non-hydrogen) atoms. The number of alkyl carbamates (subject to hydrolysis) is 1. The monoisotopic (exact) mass is 431 g/mol. The Morgan fingerprint density at radius 2 is 1.87 bits per heavy atom. The standard InChI is InChI=1S/C26H41NO4/c1-7-8-12-20(2)15-16-24(27-25(29)31-26(4,5)6)23(17-28)21(3)18-30-19-22-13-10-9-11-14-22/h9-11,13-14,17,21,23-24H,2,7-8,12,15-16,18-19H2,1,3-6H3,(H,27,29)/t21-,23-,24+/m1/s1. The Balaban J connectivity index is 2.75. The summed E-state index contributed by atoms with van der Waals surface area (Å²) in [6, 6.07) is 9.61. The molecule has 0 saturated heterocycles. The van der Waals surface area contributed by atoms with Crippen molar-refractivity contribution in [1.29, 1.82) is 0 Å². The van der Waals surface area contributed by atoms with Crippen LogP contribution in [-0.4, -0.2) is 30.6 Å². The molecule has 5 nitrogen and oxygen atoms in total. The van der Waals surface area contributed by atoms with Crippen molar-refractivity contribution >= 4 is 12.4 Å². The zero-order valence-electron chi connectivity index (χ0n) is 20.0. The average molecular weight is 432 g/mol. The van der Waals surface area contributed by atoms with Gasteiger partial charge in [-0.05, 0) is 57.9 Å². The Morgan fingerprint density at radius 1 is 1.19 bits per heavy atom. The molecule has 1 aromatic rings. The lowest BCUT2D eigenvalue weighted by molar-refractivity contribution is -0.114. The average Bonchev–Trinajstić information content (AvgIpc) is 2.70. The van der Waals surface area contributed by atoms with Gasteiger partial charge in [0.1, 0.15) is 11.9 Å². The number of carbonyl (C=O) groups excluding carboxylic acids is 2. The van der Waals surface area contributed by atoms with Gasteiger partial charge in [0.05, 0.1) is 13.2 Å². The molecule has 0 aliphatic heterocycles. The minimum Gasteiger partial charge on any atom is -0.444 e. The molecule has 0 heterocycles. The number of unbranched alkanes of at least 4 members (excludes halogenated alkanes) is 1. The van der Waals surface area contributed by atoms with E-state index in [9.17, 15) is 9.59 Å². The highest BCUT2D eigenvalue weighted by molar-refractivity contribution is 5.69. The van der Waals surface area contributed by atoms with Crippen molar-refractivity contribution < 1.29 is 19.1 Å². The molecule has 0 radical (unpaired) electrons. The van der Waals surface area contributed by atoms with E-state index in [0.717, 1.165) is 43.1 Å². The first-order valence-corrected chi connectivity index (χ1v) is 11.4. The molecule has 5 heteroatoms. The minimum absolute atomic E-state index is 0.0509. The van der Waals surface area contributed by atoms with Crippen molar-refractivity contribution in [2.75, 3.05) is 6.61 Å². The van der Waals surface area contributed by atoms with Crippen molar-refractivity contribution in [1.82, 2.24) is 5.32 Å². The van der Waals surface area contributed by atoms with Gasteiger partial charge in [0, 0.05) is 12.0 Å². The van der Waals surface area contributed by atoms with E-state index in [1.165, 1.54) is 0 Å². The summed E-state index contributed by atoms with van der Waals surface area (Å²) < 4.78 is 11.3. The third kappa shape index (κ3) is 11.7. The van der Waals surface area contributed by atoms with Gasteiger partial charge in [-0.3, -0.25) is 0 Å². The van der Waals surface area contributed by atoms with Crippen molar-refractivity contribution in [2.24, 2.45) is 11.8 Å². The number of nitrogens with one attached hydrogen (secondary N) is 1. The van der Waals surface area contributed by atoms with Crippen LogP contribution in [0.1, 0.15) is 72.3 Å². The van der Waals surface area contributed by atoms with Gasteiger partial charge in [-0.25, -0.2) is 4.79 Å². The van der Waals surface area contributed by atoms with E-state index in [2.05, 4.69) is 18.8 Å². The van der Waals surface area contributed by atoms with Crippen LogP contribution in [0.5, 0.6) is 0 Å². The summed E-state index contributed by atoms with van der Waals surface area (Å²) in [5, 5.41) is 2.94. The van der Waals surface area contributed by atoms with Gasteiger partial charge in [-0.1, -0.05) is 62.8 Å². The van der Waals surface area contributed by atoms with Gasteiger partial charge < -0.3 is 19.6 Å². The first-order chi connectivity index (χ1) is 14.7. The van der Waals surface area contributed by atoms with Gasteiger partial charge in [-0.2, -0.15) is 0 Å². The number of hydrogen-bond acceptors (Lipinski definition) is 4. The van der Waals surface area contributed by atoms with E-state index in [0.29, 0.717) is 19.6 Å². The number of aldehydes is 1. The smallest absolute Gasteiger partial charge is 0.407 e. The highest BCUT2D eigenvalue weighted by Gasteiger charge is 2.29. The normalized spacial score (nSPS) is 14.4. The maximum absolute atomic E-state index is 12.4. The van der Waals surface area contributed by atoms with Gasteiger partial charge in [0.15, 0.2) is 0 Å². The molecule has 1 N–H and O–H groups in total. The van der Waals surface area contributed by atoms with Crippen LogP contribution in [0.3, 0.4) is 0 Å². The first kappa shape index (κ1) is 26.9. The maximum Gasteiger partial charge on any atom is 0.407 e. The Morgan fingerprint density at radius 3 is 2.45 bits per heavy atom. The summed E-state index contributed by atoms with van der Waals surface area (Å²) in [4.78, 5) is 24.5. The quantitative estimate of drug-likeness (QED) is 0.287. The van der Waals surface area contributed by atoms with Crippen molar-refractivity contribution in [3.8, 4) is 0 Å². The van der Waals surface area contributed by atoms with Crippen LogP contribution in [-0.2, 0) is 20.9 Å². The zero-order valence-corrected chi connectivity index (χ0v) is 20.0. The summed E-state index contributed by atoms with van der Waals surface area (Å²) in [5.74, 6) is -0.424. The number of allylic oxidation sites excluding steroid dienone is 1. The highest BCUT2D eigenvalue weighted by Crippen LogP contribution is 2.22. The molecular formula is C26H41NO4. The van der Waals surface area contributed by atoms with Crippen LogP contribution in [0.15, 0.2) is 42.5 Å². The maximum atomic E-state index is 12.4. The van der Waals surface area contributed by atoms with E-state index in [1.54, 1.807) is 0 Å². The van der Waals surface area contributed by atoms with E-state index < -0.39 is 11.7 Å². The molecule has 0 spiro atoms. The van der Waals surface area contributed by atoms with Crippen LogP contribution >= 0.6 is 0 Å². The predicted octanol–water partition coefficient (Wildman–Crippen LogP) is 6.07. The van der Waals surface area contributed by atoms with E-state index in [-0.39, 0.29) is 17.9 Å². The Kier molecular flexibility index (Phi) is 12.2. The van der Waals surface area contributed by atoms with Crippen molar-refractivity contribution in [2.45, 2.75) is 85.0 Å². The number of hydrogen-bond donors (Lipinski definition) is 1. The summed E-state index contributed by atoms with van der Waals surface area (Å²) in [7, 11) is 0. The molecule has 1 amide bonds. The molecular weight excluding hydrogens is 390 g/mol. The molecule has 3 atom stereocenters. The van der Waals surface area contributed by atoms with Crippen LogP contribution < -0.4 is 5.32 Å². The van der Waals surface area contributed by atoms with Gasteiger partial charge in [-0.15, -0.1) is 0 Å². The van der Waals surface area contributed by atoms with E-state index >= 15 is 0 Å². The van der Waals surface area contributed by atoms with Gasteiger partial charge in [0.2, 0.25) is 0 Å². The fourth-order valence-corrected chi connectivity index (χ4v) is 3.40. The second kappa shape index (κ2) is 14.0. The minimum atomic E-state index is -0.597. The fourth-order valence-electron chi connectivity index (χ4n) is 3.40. The van der Waals surface area contributed by atoms with Crippen LogP contribution in [0.2, 0.25) is 0 Å². The molecule has 0 unspecified atom stereocenters. The van der Waals surface area contributed by atoms with Gasteiger partial charge in [0.25, 0.3) is 0 Å². The number of rotatable bonds is 14. The number of amides is 1. The summed E-state index contributed by atoms with van der Waals surface area (Å²) in [6.45, 7) is 14.7. The lowest BCUT2D eigenvalue weighted by atomic mass is 9.85. The highest BCUT2D eigenvalue weighted by atomic mass is 16.6. The van der Waals surface area contributed by atoms with Gasteiger partial charge >= 0.3 is 6.09 Å². The Labute approximate surface area is 188 Å². The SMILES string of the molecule is C=C(CCCC)CC[C@H](NC(=O)OC(C)(C)C)[C@H](C=O)[C@H](C)COCc1ccccc1. The molecule has 0 aromatic heterocycles. The lowest BCUT2D eigenvalue weighted by Gasteiger charge is -2.30. The molecule has 0 bridgehead atoms. The molecule has 0 saturated carbocycles. The van der Waals surface area contributed by atoms with Crippen LogP contribution in [0.4, 0.5) is 4.79 Å². The van der Waals surface area contributed by atoms with Crippen molar-refractivity contribution in [3.63, 3.8) is 0 Å². The molecule has 1 rings (SSSR count). The lowest BCUT2D eigenvalue weighted by Crippen LogP contribution is -2.46. The largest absolute Gasteiger partial charge is 0.444 e. The summed E-state index contributed by atoms with van der Waals surface area (Å²) in [6.07, 6.45) is 5.04.